The Hall–Kier alpha value is -3.47. The van der Waals surface area contributed by atoms with Crippen LogP contribution in [0.4, 0.5) is 0 Å². The molecule has 11 nitrogen and oxygen atoms in total. The van der Waals surface area contributed by atoms with E-state index in [0.717, 1.165) is 5.56 Å². The molecule has 2 rings (SSSR count). The van der Waals surface area contributed by atoms with E-state index in [-0.39, 0.29) is 12.8 Å². The number of aliphatic carboxylic acids is 1. The van der Waals surface area contributed by atoms with E-state index in [9.17, 15) is 29.1 Å². The molecule has 1 aliphatic rings. The van der Waals surface area contributed by atoms with Crippen LogP contribution in [0.15, 0.2) is 30.3 Å². The van der Waals surface area contributed by atoms with Gasteiger partial charge in [0.15, 0.2) is 0 Å². The number of nitrogens with two attached hydrogens (primary N) is 2. The van der Waals surface area contributed by atoms with Gasteiger partial charge in [0, 0.05) is 13.0 Å². The van der Waals surface area contributed by atoms with E-state index < -0.39 is 53.8 Å². The van der Waals surface area contributed by atoms with Crippen LogP contribution in [0.2, 0.25) is 0 Å². The second-order valence-electron chi connectivity index (χ2n) is 8.12. The van der Waals surface area contributed by atoms with Gasteiger partial charge >= 0.3 is 5.97 Å². The molecule has 1 aromatic carbocycles. The Morgan fingerprint density at radius 1 is 1.15 bits per heavy atom. The third kappa shape index (κ3) is 7.56. The molecule has 4 atom stereocenters. The summed E-state index contributed by atoms with van der Waals surface area (Å²) in [4.78, 5) is 61.7. The fourth-order valence-electron chi connectivity index (χ4n) is 3.71. The molecule has 11 heteroatoms. The number of benzene rings is 1. The van der Waals surface area contributed by atoms with Crippen LogP contribution in [0.25, 0.3) is 0 Å². The summed E-state index contributed by atoms with van der Waals surface area (Å²) in [5, 5.41) is 14.3. The van der Waals surface area contributed by atoms with Gasteiger partial charge in [0.05, 0.1) is 6.04 Å². The van der Waals surface area contributed by atoms with Gasteiger partial charge in [-0.15, -0.1) is 0 Å². The van der Waals surface area contributed by atoms with Crippen LogP contribution >= 0.6 is 0 Å². The van der Waals surface area contributed by atoms with Gasteiger partial charge in [-0.05, 0) is 38.2 Å². The number of carbonyl (C=O) groups excluding carboxylic acids is 4. The number of nitrogens with zero attached hydrogens (tertiary/aromatic N) is 1. The largest absolute Gasteiger partial charge is 0.480 e. The lowest BCUT2D eigenvalue weighted by Crippen LogP contribution is -2.56. The summed E-state index contributed by atoms with van der Waals surface area (Å²) in [5.41, 5.74) is 11.9. The van der Waals surface area contributed by atoms with Crippen molar-refractivity contribution in [2.45, 2.75) is 63.2 Å². The molecule has 33 heavy (non-hydrogen) atoms. The van der Waals surface area contributed by atoms with Crippen molar-refractivity contribution in [1.82, 2.24) is 15.5 Å². The van der Waals surface area contributed by atoms with E-state index in [4.69, 9.17) is 11.5 Å². The number of hydrogen-bond donors (Lipinski definition) is 5. The Morgan fingerprint density at radius 3 is 2.42 bits per heavy atom. The van der Waals surface area contributed by atoms with E-state index in [1.807, 2.05) is 30.3 Å². The lowest BCUT2D eigenvalue weighted by molar-refractivity contribution is -0.145. The third-order valence-corrected chi connectivity index (χ3v) is 5.50. The van der Waals surface area contributed by atoms with Crippen molar-refractivity contribution in [1.29, 1.82) is 0 Å². The van der Waals surface area contributed by atoms with Crippen LogP contribution in [0.1, 0.15) is 38.2 Å². The zero-order valence-corrected chi connectivity index (χ0v) is 18.5. The maximum absolute atomic E-state index is 12.9. The van der Waals surface area contributed by atoms with Crippen LogP contribution < -0.4 is 22.1 Å². The summed E-state index contributed by atoms with van der Waals surface area (Å²) in [6.45, 7) is 1.81. The van der Waals surface area contributed by atoms with E-state index in [1.54, 1.807) is 0 Å². The molecule has 0 aliphatic carbocycles. The van der Waals surface area contributed by atoms with Crippen LogP contribution in [0.3, 0.4) is 0 Å². The maximum Gasteiger partial charge on any atom is 0.326 e. The number of carboxylic acid groups (broad SMARTS) is 1. The molecular weight excluding hydrogens is 430 g/mol. The highest BCUT2D eigenvalue weighted by Gasteiger charge is 2.38. The van der Waals surface area contributed by atoms with Gasteiger partial charge < -0.3 is 32.1 Å². The van der Waals surface area contributed by atoms with Crippen molar-refractivity contribution in [3.8, 4) is 0 Å². The normalized spacial score (nSPS) is 18.1. The Labute approximate surface area is 191 Å². The van der Waals surface area contributed by atoms with Crippen molar-refractivity contribution in [2.24, 2.45) is 11.5 Å². The summed E-state index contributed by atoms with van der Waals surface area (Å²) in [6, 6.07) is 5.31. The molecule has 0 spiro atoms. The van der Waals surface area contributed by atoms with Gasteiger partial charge in [0.25, 0.3) is 0 Å². The average Bonchev–Trinajstić information content (AvgIpc) is 3.26. The highest BCUT2D eigenvalue weighted by Crippen LogP contribution is 2.19. The summed E-state index contributed by atoms with van der Waals surface area (Å²) >= 11 is 0. The molecular formula is C22H31N5O6. The molecule has 1 aromatic rings. The highest BCUT2D eigenvalue weighted by molar-refractivity contribution is 5.94. The molecule has 1 heterocycles. The Morgan fingerprint density at radius 2 is 1.82 bits per heavy atom. The van der Waals surface area contributed by atoms with Crippen LogP contribution in [0.5, 0.6) is 0 Å². The average molecular weight is 462 g/mol. The fourth-order valence-corrected chi connectivity index (χ4v) is 3.71. The number of primary amides is 1. The SMILES string of the molecule is CC(NC(=O)C(N)Cc1ccccc1)C(=O)N1CCCC1C(=O)NC(CCC(N)=O)C(=O)O. The van der Waals surface area contributed by atoms with Gasteiger partial charge in [-0.3, -0.25) is 19.2 Å². The van der Waals surface area contributed by atoms with Crippen molar-refractivity contribution >= 4 is 29.6 Å². The first-order chi connectivity index (χ1) is 15.6. The number of amides is 4. The fraction of sp³-hybridized carbons (Fsp3) is 0.500. The smallest absolute Gasteiger partial charge is 0.326 e. The first-order valence-electron chi connectivity index (χ1n) is 10.8. The second-order valence-corrected chi connectivity index (χ2v) is 8.12. The van der Waals surface area contributed by atoms with E-state index in [0.29, 0.717) is 25.8 Å². The maximum atomic E-state index is 12.9. The lowest BCUT2D eigenvalue weighted by Gasteiger charge is -2.28. The van der Waals surface area contributed by atoms with E-state index >= 15 is 0 Å². The number of nitrogens with one attached hydrogen (secondary N) is 2. The minimum Gasteiger partial charge on any atom is -0.480 e. The summed E-state index contributed by atoms with van der Waals surface area (Å²) in [7, 11) is 0. The van der Waals surface area contributed by atoms with Crippen molar-refractivity contribution in [2.75, 3.05) is 6.54 Å². The predicted octanol–water partition coefficient (Wildman–Crippen LogP) is -1.11. The minimum absolute atomic E-state index is 0.150. The lowest BCUT2D eigenvalue weighted by atomic mass is 10.1. The second kappa shape index (κ2) is 12.0. The van der Waals surface area contributed by atoms with Gasteiger partial charge in [-0.1, -0.05) is 30.3 Å². The van der Waals surface area contributed by atoms with Crippen molar-refractivity contribution in [3.05, 3.63) is 35.9 Å². The molecule has 0 bridgehead atoms. The number of rotatable bonds is 11. The van der Waals surface area contributed by atoms with Crippen LogP contribution in [-0.4, -0.2) is 70.3 Å². The van der Waals surface area contributed by atoms with E-state index in [2.05, 4.69) is 10.6 Å². The standard InChI is InChI=1S/C22H31N5O6/c1-13(25-19(29)15(23)12-14-6-3-2-4-7-14)21(31)27-11-5-8-17(27)20(30)26-16(22(32)33)9-10-18(24)28/h2-4,6-7,13,15-17H,5,8-12,23H2,1H3,(H2,24,28)(H,25,29)(H,26,30)(H,32,33). The minimum atomic E-state index is -1.30. The number of carbonyl (C=O) groups is 5. The van der Waals surface area contributed by atoms with Gasteiger partial charge in [-0.25, -0.2) is 4.79 Å². The van der Waals surface area contributed by atoms with Crippen LogP contribution in [-0.2, 0) is 30.4 Å². The Kier molecular flexibility index (Phi) is 9.34. The topological polar surface area (TPSA) is 185 Å². The van der Waals surface area contributed by atoms with Gasteiger partial charge in [0.2, 0.25) is 23.6 Å². The number of hydrogen-bond acceptors (Lipinski definition) is 6. The first kappa shape index (κ1) is 25.8. The third-order valence-electron chi connectivity index (χ3n) is 5.50. The highest BCUT2D eigenvalue weighted by atomic mass is 16.4. The number of carboxylic acids is 1. The molecule has 0 aromatic heterocycles. The van der Waals surface area contributed by atoms with Crippen LogP contribution in [0, 0.1) is 0 Å². The molecule has 1 saturated heterocycles. The zero-order valence-electron chi connectivity index (χ0n) is 18.5. The molecule has 7 N–H and O–H groups in total. The quantitative estimate of drug-likeness (QED) is 0.276. The van der Waals surface area contributed by atoms with Gasteiger partial charge in [-0.2, -0.15) is 0 Å². The molecule has 180 valence electrons. The number of likely N-dealkylation sites (tertiary alicyclic amines) is 1. The summed E-state index contributed by atoms with van der Waals surface area (Å²) < 4.78 is 0. The molecule has 4 amide bonds. The molecule has 1 aliphatic heterocycles. The van der Waals surface area contributed by atoms with Crippen molar-refractivity contribution < 1.29 is 29.1 Å². The zero-order chi connectivity index (χ0) is 24.5. The molecule has 4 unspecified atom stereocenters. The van der Waals surface area contributed by atoms with E-state index in [1.165, 1.54) is 11.8 Å². The monoisotopic (exact) mass is 461 g/mol. The summed E-state index contributed by atoms with van der Waals surface area (Å²) in [6.07, 6.45) is 0.870. The Balaban J connectivity index is 1.95. The first-order valence-corrected chi connectivity index (χ1v) is 10.8. The summed E-state index contributed by atoms with van der Waals surface area (Å²) in [5.74, 6) is -3.55. The van der Waals surface area contributed by atoms with Crippen molar-refractivity contribution in [3.63, 3.8) is 0 Å². The molecule has 1 fully saturated rings. The Bertz CT molecular complexity index is 877. The molecule has 0 radical (unpaired) electrons. The van der Waals surface area contributed by atoms with Gasteiger partial charge in [0.1, 0.15) is 18.1 Å². The predicted molar refractivity (Wildman–Crippen MR) is 118 cm³/mol. The molecule has 0 saturated carbocycles.